The Balaban J connectivity index is 5.02. The topological polar surface area (TPSA) is 104 Å². The highest BCUT2D eigenvalue weighted by atomic mass is 16.4. The van der Waals surface area contributed by atoms with Crippen LogP contribution in [0.2, 0.25) is 0 Å². The fourth-order valence-corrected chi connectivity index (χ4v) is 1.12. The first-order chi connectivity index (χ1) is 7.64. The molecule has 2 atom stereocenters. The molecule has 0 aromatic heterocycles. The summed E-state index contributed by atoms with van der Waals surface area (Å²) in [5, 5.41) is 20.5. The molecule has 0 fully saturated rings. The zero-order valence-corrected chi connectivity index (χ0v) is 9.48. The number of nitrogens with one attached hydrogen (secondary N) is 1. The van der Waals surface area contributed by atoms with Crippen molar-refractivity contribution in [3.63, 3.8) is 0 Å². The van der Waals surface area contributed by atoms with Gasteiger partial charge in [0, 0.05) is 8.27 Å². The van der Waals surface area contributed by atoms with Crippen LogP contribution < -0.4 is 5.32 Å². The molecule has 0 aromatic carbocycles. The van der Waals surface area contributed by atoms with Gasteiger partial charge in [-0.15, -0.1) is 0 Å². The Hall–Kier alpha value is -1.43. The average molecular weight is 232 g/mol. The fourth-order valence-electron chi connectivity index (χ4n) is 1.12. The monoisotopic (exact) mass is 232 g/mol. The van der Waals surface area contributed by atoms with Gasteiger partial charge in [-0.1, -0.05) is 13.8 Å². The number of aliphatic carboxylic acids is 1. The Bertz CT molecular complexity index is 327. The lowest BCUT2D eigenvalue weighted by Gasteiger charge is -2.26. The lowest BCUT2D eigenvalue weighted by atomic mass is 9.89. The first-order valence-electron chi connectivity index (χ1n) is 5.44. The summed E-state index contributed by atoms with van der Waals surface area (Å²) in [6.07, 6.45) is 0. The van der Waals surface area contributed by atoms with Crippen LogP contribution in [0.25, 0.3) is 0 Å². The summed E-state index contributed by atoms with van der Waals surface area (Å²) >= 11 is 0. The number of hydrogen-bond donors (Lipinski definition) is 3. The maximum atomic E-state index is 11.8. The minimum Gasteiger partial charge on any atom is -0.479 e. The number of aliphatic hydroxyl groups is 1. The van der Waals surface area contributed by atoms with Gasteiger partial charge in [-0.2, -0.15) is 0 Å². The first-order valence-corrected chi connectivity index (χ1v) is 4.73. The van der Waals surface area contributed by atoms with E-state index in [2.05, 4.69) is 5.32 Å². The van der Waals surface area contributed by atoms with Crippen LogP contribution in [0, 0.1) is 5.92 Å². The minimum absolute atomic E-state index is 0.385. The molecule has 0 bridgehead atoms. The van der Waals surface area contributed by atoms with Crippen molar-refractivity contribution >= 4 is 17.7 Å². The zero-order chi connectivity index (χ0) is 13.8. The summed E-state index contributed by atoms with van der Waals surface area (Å²) in [7, 11) is 0. The molecule has 0 radical (unpaired) electrons. The number of rotatable bonds is 5. The van der Waals surface area contributed by atoms with E-state index in [1.54, 1.807) is 13.8 Å². The molecule has 0 aromatic rings. The van der Waals surface area contributed by atoms with Gasteiger partial charge in [-0.3, -0.25) is 9.59 Å². The third-order valence-corrected chi connectivity index (χ3v) is 2.16. The van der Waals surface area contributed by atoms with Gasteiger partial charge in [-0.05, 0) is 12.8 Å². The number of carbonyl (C=O) groups is 3. The van der Waals surface area contributed by atoms with E-state index in [9.17, 15) is 19.5 Å². The average Bonchev–Trinajstić information content (AvgIpc) is 2.23. The van der Waals surface area contributed by atoms with Crippen LogP contribution in [0.4, 0.5) is 0 Å². The molecule has 0 aliphatic heterocycles. The molecule has 92 valence electrons. The molecule has 0 heterocycles. The van der Waals surface area contributed by atoms with Gasteiger partial charge in [0.25, 0.3) is 0 Å². The standard InChI is InChI=1S/C10H17NO5/c1-5(2)7(11-6(3)12)8(13)10(4,16)9(14)15/h5,7,16H,1-4H3,(H,11,12)(H,14,15)/t7-,10+/m0/s1/i3D. The quantitative estimate of drug-likeness (QED) is 0.557. The summed E-state index contributed by atoms with van der Waals surface area (Å²) in [5.74, 6) is -3.75. The second kappa shape index (κ2) is 5.07. The van der Waals surface area contributed by atoms with Crippen molar-refractivity contribution in [2.45, 2.75) is 39.3 Å². The van der Waals surface area contributed by atoms with Crippen LogP contribution in [0.1, 0.15) is 29.0 Å². The Morgan fingerprint density at radius 2 is 1.88 bits per heavy atom. The summed E-state index contributed by atoms with van der Waals surface area (Å²) in [5.41, 5.74) is -2.55. The maximum absolute atomic E-state index is 11.8. The Morgan fingerprint density at radius 1 is 1.38 bits per heavy atom. The van der Waals surface area contributed by atoms with Gasteiger partial charge in [0.1, 0.15) is 0 Å². The number of carboxylic acids is 1. The van der Waals surface area contributed by atoms with Crippen LogP contribution >= 0.6 is 0 Å². The van der Waals surface area contributed by atoms with E-state index in [-0.39, 0.29) is 5.92 Å². The summed E-state index contributed by atoms with van der Waals surface area (Å²) in [4.78, 5) is 33.6. The molecular weight excluding hydrogens is 214 g/mol. The van der Waals surface area contributed by atoms with Crippen molar-refractivity contribution in [1.82, 2.24) is 5.32 Å². The molecule has 6 nitrogen and oxygen atoms in total. The van der Waals surface area contributed by atoms with E-state index in [0.29, 0.717) is 0 Å². The van der Waals surface area contributed by atoms with E-state index in [1.165, 1.54) is 0 Å². The van der Waals surface area contributed by atoms with Crippen molar-refractivity contribution in [2.75, 3.05) is 0 Å². The predicted octanol–water partition coefficient (Wildman–Crippen LogP) is -0.448. The zero-order valence-electron chi connectivity index (χ0n) is 10.5. The van der Waals surface area contributed by atoms with E-state index in [1.807, 2.05) is 0 Å². The number of ketones is 1. The van der Waals surface area contributed by atoms with E-state index >= 15 is 0 Å². The summed E-state index contributed by atoms with van der Waals surface area (Å²) in [6.45, 7) is 3.50. The molecule has 0 spiro atoms. The molecule has 3 N–H and O–H groups in total. The molecule has 16 heavy (non-hydrogen) atoms. The molecular formula is C10H17NO5. The van der Waals surface area contributed by atoms with Crippen molar-refractivity contribution in [3.05, 3.63) is 0 Å². The highest BCUT2D eigenvalue weighted by Gasteiger charge is 2.43. The molecule has 0 saturated heterocycles. The number of carbonyl (C=O) groups excluding carboxylic acids is 2. The van der Waals surface area contributed by atoms with Gasteiger partial charge in [0.05, 0.1) is 6.04 Å². The normalized spacial score (nSPS) is 17.2. The molecule has 0 rings (SSSR count). The van der Waals surface area contributed by atoms with E-state index in [0.717, 1.165) is 6.92 Å². The molecule has 0 aliphatic rings. The Morgan fingerprint density at radius 3 is 2.19 bits per heavy atom. The molecule has 1 amide bonds. The molecule has 0 unspecified atom stereocenters. The van der Waals surface area contributed by atoms with Gasteiger partial charge < -0.3 is 15.5 Å². The lowest BCUT2D eigenvalue weighted by Crippen LogP contribution is -2.56. The van der Waals surface area contributed by atoms with Crippen molar-refractivity contribution < 1.29 is 26.0 Å². The largest absolute Gasteiger partial charge is 0.479 e. The van der Waals surface area contributed by atoms with E-state index in [4.69, 9.17) is 6.48 Å². The number of hydrogen-bond acceptors (Lipinski definition) is 4. The molecule has 6 heteroatoms. The van der Waals surface area contributed by atoms with Crippen LogP contribution in [-0.2, 0) is 14.4 Å². The number of amides is 1. The van der Waals surface area contributed by atoms with Crippen molar-refractivity contribution in [3.8, 4) is 0 Å². The first kappa shape index (κ1) is 12.6. The fraction of sp³-hybridized carbons (Fsp3) is 0.700. The number of carboxylic acid groups (broad SMARTS) is 1. The second-order valence-corrected chi connectivity index (χ2v) is 4.03. The van der Waals surface area contributed by atoms with Crippen LogP contribution in [0.15, 0.2) is 0 Å². The van der Waals surface area contributed by atoms with E-state index < -0.39 is 36.2 Å². The highest BCUT2D eigenvalue weighted by molar-refractivity contribution is 6.09. The van der Waals surface area contributed by atoms with Crippen molar-refractivity contribution in [1.29, 1.82) is 0 Å². The second-order valence-electron chi connectivity index (χ2n) is 4.03. The minimum atomic E-state index is -2.55. The van der Waals surface area contributed by atoms with Gasteiger partial charge >= 0.3 is 5.97 Å². The van der Waals surface area contributed by atoms with Crippen LogP contribution in [-0.4, -0.2) is 39.5 Å². The molecule has 0 saturated carbocycles. The van der Waals surface area contributed by atoms with Gasteiger partial charge in [0.15, 0.2) is 5.78 Å². The maximum Gasteiger partial charge on any atom is 0.343 e. The van der Waals surface area contributed by atoms with Crippen LogP contribution in [0.5, 0.6) is 0 Å². The van der Waals surface area contributed by atoms with Gasteiger partial charge in [0.2, 0.25) is 11.5 Å². The predicted molar refractivity (Wildman–Crippen MR) is 55.7 cm³/mol. The van der Waals surface area contributed by atoms with Gasteiger partial charge in [-0.25, -0.2) is 4.79 Å². The number of Topliss-reactive ketones (excluding diaryl/α,β-unsaturated/α-hetero) is 1. The summed E-state index contributed by atoms with van der Waals surface area (Å²) in [6, 6.07) is -1.13. The van der Waals surface area contributed by atoms with Crippen molar-refractivity contribution in [2.24, 2.45) is 5.92 Å². The lowest BCUT2D eigenvalue weighted by molar-refractivity contribution is -0.165. The highest BCUT2D eigenvalue weighted by Crippen LogP contribution is 2.14. The summed E-state index contributed by atoms with van der Waals surface area (Å²) < 4.78 is 6.82. The SMILES string of the molecule is [2H]CC(=O)N[C@H](C(=O)[C@@](C)(O)C(=O)O)C(C)C. The third-order valence-electron chi connectivity index (χ3n) is 2.16. The Labute approximate surface area is 95.1 Å². The smallest absolute Gasteiger partial charge is 0.343 e. The van der Waals surface area contributed by atoms with Crippen LogP contribution in [0.3, 0.4) is 0 Å². The Kier molecular flexibility index (Phi) is 4.00. The third kappa shape index (κ3) is 3.30. The molecule has 0 aliphatic carbocycles.